The van der Waals surface area contributed by atoms with Gasteiger partial charge >= 0.3 is 0 Å². The third-order valence-corrected chi connectivity index (χ3v) is 4.50. The maximum Gasteiger partial charge on any atom is 0.236 e. The average Bonchev–Trinajstić information content (AvgIpc) is 2.36. The van der Waals surface area contributed by atoms with Gasteiger partial charge in [-0.3, -0.25) is 4.79 Å². The third kappa shape index (κ3) is 3.21. The largest absolute Gasteiger partial charge is 0.369 e. The van der Waals surface area contributed by atoms with E-state index in [1.165, 1.54) is 18.2 Å². The first kappa shape index (κ1) is 15.8. The first-order chi connectivity index (χ1) is 9.72. The van der Waals surface area contributed by atoms with E-state index in [-0.39, 0.29) is 11.4 Å². The Balaban J connectivity index is 2.41. The van der Waals surface area contributed by atoms with Crippen LogP contribution in [0, 0.1) is 0 Å². The Bertz CT molecular complexity index is 595. The SMILES string of the molecule is CC(=O)N/N=C\c1cc2c(cc1Cl)N(C)C(C)(C)C[C@@H]2C. The minimum absolute atomic E-state index is 0.113. The van der Waals surface area contributed by atoms with Crippen LogP contribution < -0.4 is 10.3 Å². The van der Waals surface area contributed by atoms with Gasteiger partial charge in [-0.25, -0.2) is 5.43 Å². The van der Waals surface area contributed by atoms with E-state index in [4.69, 9.17) is 11.6 Å². The Morgan fingerprint density at radius 2 is 2.19 bits per heavy atom. The van der Waals surface area contributed by atoms with Crippen molar-refractivity contribution in [3.8, 4) is 0 Å². The number of anilines is 1. The third-order valence-electron chi connectivity index (χ3n) is 4.18. The van der Waals surface area contributed by atoms with E-state index in [1.807, 2.05) is 6.07 Å². The molecule has 1 N–H and O–H groups in total. The molecule has 2 rings (SSSR count). The summed E-state index contributed by atoms with van der Waals surface area (Å²) in [4.78, 5) is 13.1. The van der Waals surface area contributed by atoms with Crippen molar-refractivity contribution in [2.24, 2.45) is 5.10 Å². The predicted molar refractivity (Wildman–Crippen MR) is 88.4 cm³/mol. The molecule has 1 amide bonds. The number of benzene rings is 1. The predicted octanol–water partition coefficient (Wildman–Crippen LogP) is 3.53. The maximum atomic E-state index is 10.9. The Labute approximate surface area is 131 Å². The van der Waals surface area contributed by atoms with Crippen LogP contribution >= 0.6 is 11.6 Å². The standard InChI is InChI=1S/C16H22ClN3O/c1-10-8-16(3,4)20(5)15-7-14(17)12(6-13(10)15)9-18-19-11(2)21/h6-7,9-10H,8H2,1-5H3,(H,19,21)/b18-9-/t10-/m0/s1. The van der Waals surface area contributed by atoms with Gasteiger partial charge in [0.15, 0.2) is 0 Å². The highest BCUT2D eigenvalue weighted by Gasteiger charge is 2.34. The number of nitrogens with zero attached hydrogens (tertiary/aromatic N) is 2. The van der Waals surface area contributed by atoms with Crippen molar-refractivity contribution in [2.45, 2.75) is 45.6 Å². The topological polar surface area (TPSA) is 44.7 Å². The van der Waals surface area contributed by atoms with E-state index in [0.717, 1.165) is 12.0 Å². The number of carbonyl (C=O) groups excluding carboxylic acids is 1. The number of hydrazone groups is 1. The minimum atomic E-state index is -0.199. The molecule has 1 aromatic rings. The van der Waals surface area contributed by atoms with Crippen molar-refractivity contribution in [1.82, 2.24) is 5.43 Å². The molecule has 1 atom stereocenters. The zero-order valence-corrected chi connectivity index (χ0v) is 14.0. The van der Waals surface area contributed by atoms with Gasteiger partial charge in [-0.1, -0.05) is 18.5 Å². The summed E-state index contributed by atoms with van der Waals surface area (Å²) in [6.45, 7) is 8.14. The summed E-state index contributed by atoms with van der Waals surface area (Å²) in [6, 6.07) is 4.06. The molecule has 5 heteroatoms. The van der Waals surface area contributed by atoms with Crippen molar-refractivity contribution in [1.29, 1.82) is 0 Å². The van der Waals surface area contributed by atoms with Crippen LogP contribution in [0.5, 0.6) is 0 Å². The smallest absolute Gasteiger partial charge is 0.236 e. The highest BCUT2D eigenvalue weighted by Crippen LogP contribution is 2.43. The number of hydrogen-bond acceptors (Lipinski definition) is 3. The zero-order valence-electron chi connectivity index (χ0n) is 13.2. The van der Waals surface area contributed by atoms with Gasteiger partial charge in [0.25, 0.3) is 0 Å². The minimum Gasteiger partial charge on any atom is -0.369 e. The van der Waals surface area contributed by atoms with Crippen molar-refractivity contribution >= 4 is 29.4 Å². The molecular formula is C16H22ClN3O. The number of nitrogens with one attached hydrogen (secondary N) is 1. The molecule has 0 bridgehead atoms. The molecule has 1 aliphatic heterocycles. The molecule has 114 valence electrons. The Morgan fingerprint density at radius 3 is 2.81 bits per heavy atom. The number of amides is 1. The summed E-state index contributed by atoms with van der Waals surface area (Å²) in [7, 11) is 2.10. The van der Waals surface area contributed by atoms with E-state index in [9.17, 15) is 4.79 Å². The molecule has 4 nitrogen and oxygen atoms in total. The molecule has 0 radical (unpaired) electrons. The van der Waals surface area contributed by atoms with E-state index in [2.05, 4.69) is 49.3 Å². The molecule has 1 aromatic carbocycles. The fourth-order valence-corrected chi connectivity index (χ4v) is 3.10. The lowest BCUT2D eigenvalue weighted by molar-refractivity contribution is -0.118. The van der Waals surface area contributed by atoms with E-state index in [0.29, 0.717) is 10.9 Å². The van der Waals surface area contributed by atoms with E-state index >= 15 is 0 Å². The maximum absolute atomic E-state index is 10.9. The van der Waals surface area contributed by atoms with E-state index in [1.54, 1.807) is 6.21 Å². The summed E-state index contributed by atoms with van der Waals surface area (Å²) in [5.41, 5.74) is 5.77. The first-order valence-electron chi connectivity index (χ1n) is 7.09. The van der Waals surface area contributed by atoms with Gasteiger partial charge in [0.05, 0.1) is 11.2 Å². The van der Waals surface area contributed by atoms with Crippen LogP contribution in [-0.2, 0) is 4.79 Å². The van der Waals surface area contributed by atoms with Gasteiger partial charge in [0.2, 0.25) is 5.91 Å². The fourth-order valence-electron chi connectivity index (χ4n) is 2.90. The van der Waals surface area contributed by atoms with Gasteiger partial charge in [-0.15, -0.1) is 0 Å². The normalized spacial score (nSPS) is 20.5. The summed E-state index contributed by atoms with van der Waals surface area (Å²) in [5, 5.41) is 4.54. The highest BCUT2D eigenvalue weighted by molar-refractivity contribution is 6.33. The lowest BCUT2D eigenvalue weighted by atomic mass is 9.80. The molecular weight excluding hydrogens is 286 g/mol. The second-order valence-electron chi connectivity index (χ2n) is 6.34. The van der Waals surface area contributed by atoms with Gasteiger partial charge in [-0.2, -0.15) is 5.10 Å². The number of rotatable bonds is 2. The first-order valence-corrected chi connectivity index (χ1v) is 7.47. The molecule has 0 saturated heterocycles. The molecule has 0 aromatic heterocycles. The average molecular weight is 308 g/mol. The monoisotopic (exact) mass is 307 g/mol. The molecule has 1 aliphatic rings. The van der Waals surface area contributed by atoms with Crippen molar-refractivity contribution in [3.63, 3.8) is 0 Å². The number of halogens is 1. The molecule has 0 saturated carbocycles. The molecule has 0 unspecified atom stereocenters. The summed E-state index contributed by atoms with van der Waals surface area (Å²) < 4.78 is 0. The van der Waals surface area contributed by atoms with Gasteiger partial charge < -0.3 is 4.90 Å². The second-order valence-corrected chi connectivity index (χ2v) is 6.74. The Morgan fingerprint density at radius 1 is 1.52 bits per heavy atom. The highest BCUT2D eigenvalue weighted by atomic mass is 35.5. The quantitative estimate of drug-likeness (QED) is 0.671. The summed E-state index contributed by atoms with van der Waals surface area (Å²) >= 11 is 6.35. The van der Waals surface area contributed by atoms with Crippen LogP contribution in [0.3, 0.4) is 0 Å². The molecule has 0 fully saturated rings. The van der Waals surface area contributed by atoms with Crippen LogP contribution in [0.25, 0.3) is 0 Å². The lowest BCUT2D eigenvalue weighted by Crippen LogP contribution is -2.45. The lowest BCUT2D eigenvalue weighted by Gasteiger charge is -2.45. The second kappa shape index (κ2) is 5.68. The fraction of sp³-hybridized carbons (Fsp3) is 0.500. The van der Waals surface area contributed by atoms with Gasteiger partial charge in [-0.05, 0) is 43.9 Å². The van der Waals surface area contributed by atoms with Crippen LogP contribution in [0.4, 0.5) is 5.69 Å². The number of carbonyl (C=O) groups is 1. The van der Waals surface area contributed by atoms with E-state index < -0.39 is 0 Å². The summed E-state index contributed by atoms with van der Waals surface area (Å²) in [5.74, 6) is 0.256. The Kier molecular flexibility index (Phi) is 4.28. The van der Waals surface area contributed by atoms with Gasteiger partial charge in [0.1, 0.15) is 0 Å². The number of hydrogen-bond donors (Lipinski definition) is 1. The molecule has 1 heterocycles. The number of fused-ring (bicyclic) bond motifs is 1. The van der Waals surface area contributed by atoms with Crippen molar-refractivity contribution in [3.05, 3.63) is 28.3 Å². The Hall–Kier alpha value is -1.55. The van der Waals surface area contributed by atoms with Crippen LogP contribution in [0.2, 0.25) is 5.02 Å². The summed E-state index contributed by atoms with van der Waals surface area (Å²) in [6.07, 6.45) is 2.68. The van der Waals surface area contributed by atoms with Gasteiger partial charge in [0, 0.05) is 30.8 Å². The van der Waals surface area contributed by atoms with Crippen LogP contribution in [-0.4, -0.2) is 24.7 Å². The van der Waals surface area contributed by atoms with Crippen molar-refractivity contribution in [2.75, 3.05) is 11.9 Å². The van der Waals surface area contributed by atoms with Crippen LogP contribution in [0.1, 0.15) is 51.2 Å². The molecule has 21 heavy (non-hydrogen) atoms. The zero-order chi connectivity index (χ0) is 15.8. The van der Waals surface area contributed by atoms with Crippen molar-refractivity contribution < 1.29 is 4.79 Å². The molecule has 0 aliphatic carbocycles. The van der Waals surface area contributed by atoms with Crippen LogP contribution in [0.15, 0.2) is 17.2 Å². The molecule has 0 spiro atoms.